The van der Waals surface area contributed by atoms with E-state index in [0.29, 0.717) is 22.4 Å². The Hall–Kier alpha value is -3.77. The molecule has 1 aliphatic carbocycles. The van der Waals surface area contributed by atoms with Crippen molar-refractivity contribution >= 4 is 23.6 Å². The molecular weight excluding hydrogens is 481 g/mol. The van der Waals surface area contributed by atoms with Crippen LogP contribution in [-0.2, 0) is 17.5 Å². The predicted octanol–water partition coefficient (Wildman–Crippen LogP) is 7.20. The van der Waals surface area contributed by atoms with Gasteiger partial charge in [0, 0.05) is 11.3 Å². The number of carbonyl (C=O) groups excluding carboxylic acids is 1. The van der Waals surface area contributed by atoms with Gasteiger partial charge in [-0.05, 0) is 81.8 Å². The number of carboxylic acids is 1. The highest BCUT2D eigenvalue weighted by Gasteiger charge is 2.39. The first-order valence-corrected chi connectivity index (χ1v) is 12.8. The van der Waals surface area contributed by atoms with Crippen LogP contribution in [0.1, 0.15) is 95.2 Å². The van der Waals surface area contributed by atoms with Crippen molar-refractivity contribution < 1.29 is 24.2 Å². The molecular formula is C32H34FNO4. The molecule has 6 heteroatoms. The Kier molecular flexibility index (Phi) is 7.56. The first-order chi connectivity index (χ1) is 17.9. The molecule has 198 valence electrons. The van der Waals surface area contributed by atoms with E-state index in [2.05, 4.69) is 33.0 Å². The molecule has 1 aliphatic rings. The van der Waals surface area contributed by atoms with Gasteiger partial charge < -0.3 is 15.5 Å². The second-order valence-electron chi connectivity index (χ2n) is 11.3. The zero-order chi connectivity index (χ0) is 27.7. The lowest BCUT2D eigenvalue weighted by Gasteiger charge is -2.43. The smallest absolute Gasteiger partial charge is 0.335 e. The van der Waals surface area contributed by atoms with Crippen molar-refractivity contribution in [3.8, 4) is 0 Å². The number of fused-ring (bicyclic) bond motifs is 1. The van der Waals surface area contributed by atoms with Crippen molar-refractivity contribution in [2.24, 2.45) is 0 Å². The van der Waals surface area contributed by atoms with Crippen molar-refractivity contribution in [3.05, 3.63) is 106 Å². The molecule has 3 aromatic carbocycles. The molecule has 0 fully saturated rings. The summed E-state index contributed by atoms with van der Waals surface area (Å²) in [4.78, 5) is 24.3. The van der Waals surface area contributed by atoms with Crippen molar-refractivity contribution in [1.29, 1.82) is 0 Å². The molecule has 0 spiro atoms. The van der Waals surface area contributed by atoms with Gasteiger partial charge in [0.05, 0.1) is 11.7 Å². The van der Waals surface area contributed by atoms with Gasteiger partial charge in [-0.1, -0.05) is 70.2 Å². The van der Waals surface area contributed by atoms with Crippen LogP contribution in [0, 0.1) is 0 Å². The van der Waals surface area contributed by atoms with E-state index in [1.165, 1.54) is 12.1 Å². The largest absolute Gasteiger partial charge is 0.478 e. The second kappa shape index (κ2) is 10.5. The molecule has 3 N–H and O–H groups in total. The maximum Gasteiger partial charge on any atom is 0.335 e. The van der Waals surface area contributed by atoms with Crippen LogP contribution >= 0.6 is 0 Å². The number of carbonyl (C=O) groups is 2. The standard InChI is InChI=1S/C32H34FNO4/c1-31(2)15-16-32(3,4)28-25(31)17-24(27(35)14-9-20-5-12-23(13-6-20)30(37)38)18-26(28)34-29(36)22-10-7-21(19-33)8-11-22/h5-14,17-18,27,35H,15-16,19H2,1-4H3,(H,34,36)(H,37,38). The second-order valence-corrected chi connectivity index (χ2v) is 11.3. The predicted molar refractivity (Wildman–Crippen MR) is 148 cm³/mol. The number of aliphatic hydroxyl groups excluding tert-OH is 1. The molecule has 38 heavy (non-hydrogen) atoms. The maximum atomic E-state index is 13.2. The number of amides is 1. The molecule has 0 radical (unpaired) electrons. The Morgan fingerprint density at radius 3 is 2.16 bits per heavy atom. The molecule has 5 nitrogen and oxygen atoms in total. The minimum absolute atomic E-state index is 0.154. The molecule has 1 unspecified atom stereocenters. The maximum absolute atomic E-state index is 13.2. The summed E-state index contributed by atoms with van der Waals surface area (Å²) in [5.41, 5.74) is 5.02. The van der Waals surface area contributed by atoms with Gasteiger partial charge in [0.1, 0.15) is 6.67 Å². The van der Waals surface area contributed by atoms with E-state index in [1.807, 2.05) is 12.1 Å². The van der Waals surface area contributed by atoms with Gasteiger partial charge >= 0.3 is 5.97 Å². The summed E-state index contributed by atoms with van der Waals surface area (Å²) in [5.74, 6) is -1.29. The minimum atomic E-state index is -0.993. The Balaban J connectivity index is 1.72. The number of alkyl halides is 1. The summed E-state index contributed by atoms with van der Waals surface area (Å²) < 4.78 is 12.9. The average Bonchev–Trinajstić information content (AvgIpc) is 2.89. The van der Waals surface area contributed by atoms with Crippen molar-refractivity contribution in [2.45, 2.75) is 64.1 Å². The van der Waals surface area contributed by atoms with Crippen LogP contribution in [-0.4, -0.2) is 22.1 Å². The van der Waals surface area contributed by atoms with Crippen LogP contribution in [0.5, 0.6) is 0 Å². The van der Waals surface area contributed by atoms with E-state index in [1.54, 1.807) is 48.6 Å². The fourth-order valence-electron chi connectivity index (χ4n) is 5.07. The number of benzene rings is 3. The van der Waals surface area contributed by atoms with E-state index in [9.17, 15) is 19.1 Å². The normalized spacial score (nSPS) is 16.6. The van der Waals surface area contributed by atoms with E-state index >= 15 is 0 Å². The van der Waals surface area contributed by atoms with Gasteiger partial charge in [-0.2, -0.15) is 0 Å². The van der Waals surface area contributed by atoms with Gasteiger partial charge in [0.2, 0.25) is 0 Å². The number of halogens is 1. The summed E-state index contributed by atoms with van der Waals surface area (Å²) in [6, 6.07) is 16.7. The first-order valence-electron chi connectivity index (χ1n) is 12.8. The quantitative estimate of drug-likeness (QED) is 0.310. The third kappa shape index (κ3) is 5.70. The Morgan fingerprint density at radius 2 is 1.55 bits per heavy atom. The van der Waals surface area contributed by atoms with Crippen molar-refractivity contribution in [2.75, 3.05) is 5.32 Å². The number of anilines is 1. The van der Waals surface area contributed by atoms with Gasteiger partial charge in [-0.15, -0.1) is 0 Å². The first kappa shape index (κ1) is 27.3. The number of aliphatic hydroxyl groups is 1. The number of rotatable bonds is 7. The lowest BCUT2D eigenvalue weighted by atomic mass is 9.62. The lowest BCUT2D eigenvalue weighted by Crippen LogP contribution is -2.35. The zero-order valence-corrected chi connectivity index (χ0v) is 22.2. The van der Waals surface area contributed by atoms with Gasteiger partial charge in [0.25, 0.3) is 5.91 Å². The monoisotopic (exact) mass is 515 g/mol. The van der Waals surface area contributed by atoms with Gasteiger partial charge in [0.15, 0.2) is 0 Å². The van der Waals surface area contributed by atoms with Crippen LogP contribution in [0.3, 0.4) is 0 Å². The molecule has 4 rings (SSSR count). The molecule has 0 aromatic heterocycles. The topological polar surface area (TPSA) is 86.6 Å². The molecule has 1 amide bonds. The van der Waals surface area contributed by atoms with E-state index in [-0.39, 0.29) is 22.3 Å². The minimum Gasteiger partial charge on any atom is -0.478 e. The highest BCUT2D eigenvalue weighted by Crippen LogP contribution is 2.49. The summed E-state index contributed by atoms with van der Waals surface area (Å²) in [6.45, 7) is 8.11. The average molecular weight is 516 g/mol. The Morgan fingerprint density at radius 1 is 0.947 bits per heavy atom. The third-order valence-electron chi connectivity index (χ3n) is 7.53. The van der Waals surface area contributed by atoms with E-state index in [4.69, 9.17) is 5.11 Å². The molecule has 3 aromatic rings. The third-order valence-corrected chi connectivity index (χ3v) is 7.53. The zero-order valence-electron chi connectivity index (χ0n) is 22.2. The fourth-order valence-corrected chi connectivity index (χ4v) is 5.07. The Bertz CT molecular complexity index is 1370. The van der Waals surface area contributed by atoms with E-state index < -0.39 is 18.7 Å². The lowest BCUT2D eigenvalue weighted by molar-refractivity contribution is 0.0696. The van der Waals surface area contributed by atoms with E-state index in [0.717, 1.165) is 29.5 Å². The summed E-state index contributed by atoms with van der Waals surface area (Å²) in [7, 11) is 0. The number of nitrogens with one attached hydrogen (secondary N) is 1. The molecule has 0 saturated carbocycles. The van der Waals surface area contributed by atoms with Crippen molar-refractivity contribution in [1.82, 2.24) is 0 Å². The number of hydrogen-bond donors (Lipinski definition) is 3. The summed E-state index contributed by atoms with van der Waals surface area (Å²) in [6.07, 6.45) is 4.38. The van der Waals surface area contributed by atoms with Crippen LogP contribution in [0.15, 0.2) is 66.7 Å². The number of carboxylic acid groups (broad SMARTS) is 1. The number of aromatic carboxylic acids is 1. The molecule has 0 saturated heterocycles. The molecule has 0 heterocycles. The van der Waals surface area contributed by atoms with Gasteiger partial charge in [-0.3, -0.25) is 4.79 Å². The molecule has 0 bridgehead atoms. The van der Waals surface area contributed by atoms with Crippen LogP contribution in [0.4, 0.5) is 10.1 Å². The Labute approximate surface area is 223 Å². The molecule has 1 atom stereocenters. The van der Waals surface area contributed by atoms with Crippen LogP contribution in [0.25, 0.3) is 6.08 Å². The molecule has 0 aliphatic heterocycles. The highest BCUT2D eigenvalue weighted by atomic mass is 19.1. The van der Waals surface area contributed by atoms with Crippen LogP contribution in [0.2, 0.25) is 0 Å². The fraction of sp³-hybridized carbons (Fsp3) is 0.312. The number of hydrogen-bond acceptors (Lipinski definition) is 3. The summed E-state index contributed by atoms with van der Waals surface area (Å²) >= 11 is 0. The highest BCUT2D eigenvalue weighted by molar-refractivity contribution is 6.05. The SMILES string of the molecule is CC1(C)CCC(C)(C)c2c(NC(=O)c3ccc(CF)cc3)cc(C(O)C=Cc3ccc(C(=O)O)cc3)cc21. The summed E-state index contributed by atoms with van der Waals surface area (Å²) in [5, 5.41) is 23.3. The van der Waals surface area contributed by atoms with Crippen molar-refractivity contribution in [3.63, 3.8) is 0 Å². The van der Waals surface area contributed by atoms with Crippen LogP contribution < -0.4 is 5.32 Å². The van der Waals surface area contributed by atoms with Gasteiger partial charge in [-0.25, -0.2) is 9.18 Å².